The molecule has 0 spiro atoms. The van der Waals surface area contributed by atoms with E-state index in [0.717, 1.165) is 0 Å². The third-order valence-corrected chi connectivity index (χ3v) is 0. The summed E-state index contributed by atoms with van der Waals surface area (Å²) in [7, 11) is 0. The van der Waals surface area contributed by atoms with Crippen molar-refractivity contribution in [3.05, 3.63) is 0 Å². The van der Waals surface area contributed by atoms with Gasteiger partial charge in [0, 0.05) is 0 Å². The second kappa shape index (κ2) is 734. The van der Waals surface area contributed by atoms with E-state index in [0.29, 0.717) is 0 Å². The Morgan fingerprint density at radius 1 is 1.00 bits per heavy atom. The first-order valence-electron chi connectivity index (χ1n) is 0.200. The fraction of sp³-hybridized carbons (Fsp3) is 0. The van der Waals surface area contributed by atoms with Crippen LogP contribution in [0.1, 0.15) is 0 Å². The average molecular weight is 90.5 g/mol. The Kier molecular flexibility index (Phi) is 5760. The van der Waals surface area contributed by atoms with Crippen molar-refractivity contribution >= 4 is 12.4 Å². The Bertz CT molecular complexity index is 6.00. The molecular weight excluding hydrogens is 86.4 g/mol. The lowest BCUT2D eigenvalue weighted by molar-refractivity contribution is -0.176. The van der Waals surface area contributed by atoms with E-state index in [1.165, 1.54) is 0 Å². The highest BCUT2D eigenvalue weighted by Crippen LogP contribution is 0.711. The van der Waals surface area contributed by atoms with Crippen LogP contribution in [0.5, 0.6) is 0 Å². The van der Waals surface area contributed by atoms with E-state index in [4.69, 9.17) is 10.5 Å². The van der Waals surface area contributed by atoms with Crippen LogP contribution in [0.3, 0.4) is 0 Å². The van der Waals surface area contributed by atoms with Crippen molar-refractivity contribution in [1.82, 2.24) is 0 Å². The molecule has 0 atom stereocenters. The topological polar surface area (TPSA) is 40.5 Å². The molecule has 0 aromatic carbocycles. The average Bonchev–Trinajstić information content (AvgIpc) is 1.00. The Morgan fingerprint density at radius 2 is 1.00 bits per heavy atom. The maximum atomic E-state index is 6.00. The summed E-state index contributed by atoms with van der Waals surface area (Å²) in [5.74, 6) is 0. The third-order valence-electron chi connectivity index (χ3n) is 0. The molecule has 0 fully saturated rings. The van der Waals surface area contributed by atoms with Gasteiger partial charge in [0.05, 0.1) is 0 Å². The maximum Gasteiger partial charge on any atom is -0.147 e. The Morgan fingerprint density at radius 3 is 1.00 bits per heavy atom. The van der Waals surface area contributed by atoms with Gasteiger partial charge in [0.25, 0.3) is 0 Å². The van der Waals surface area contributed by atoms with Crippen LogP contribution < -0.4 is 0 Å². The normalized spacial score (nSPS) is 1.50. The Labute approximate surface area is 28.8 Å². The molecule has 0 heterocycles. The van der Waals surface area contributed by atoms with Gasteiger partial charge in [-0.25, -0.2) is 0 Å². The van der Waals surface area contributed by atoms with E-state index in [-0.39, 0.29) is 17.1 Å². The number of halogens is 2. The molecule has 0 amide bonds. The quantitative estimate of drug-likeness (QED) is 0.338. The van der Waals surface area contributed by atoms with Crippen LogP contribution in [0.25, 0.3) is 0 Å². The van der Waals surface area contributed by atoms with E-state index in [9.17, 15) is 0 Å². The van der Waals surface area contributed by atoms with Gasteiger partial charge in [0.15, 0.2) is 0 Å². The molecule has 0 aromatic rings. The molecule has 4 heavy (non-hydrogen) atoms. The molecular formula is H4ClFO2. The third kappa shape index (κ3) is 142. The molecule has 0 unspecified atom stereocenters. The van der Waals surface area contributed by atoms with E-state index in [1.807, 2.05) is 0 Å². The lowest BCUT2D eigenvalue weighted by atomic mass is 15.0. The van der Waals surface area contributed by atoms with Crippen LogP contribution >= 0.6 is 12.4 Å². The zero-order valence-electron chi connectivity index (χ0n) is 1.71. The van der Waals surface area contributed by atoms with Crippen LogP contribution in [-0.2, 0) is 0 Å². The molecule has 30 valence electrons. The molecule has 0 aromatic heterocycles. The molecule has 0 radical (unpaired) electrons. The van der Waals surface area contributed by atoms with Gasteiger partial charge in [0.1, 0.15) is 0 Å². The number of hydrogen-bond acceptors (Lipinski definition) is 2. The van der Waals surface area contributed by atoms with Crippen LogP contribution in [-0.4, -0.2) is 10.5 Å². The van der Waals surface area contributed by atoms with Gasteiger partial charge in [-0.1, -0.05) is 0 Å². The lowest BCUT2D eigenvalue weighted by Gasteiger charge is -1.25. The minimum atomic E-state index is 0. The zero-order chi connectivity index (χ0) is 2.00. The van der Waals surface area contributed by atoms with Crippen molar-refractivity contribution in [3.63, 3.8) is 0 Å². The van der Waals surface area contributed by atoms with E-state index < -0.39 is 0 Å². The summed E-state index contributed by atoms with van der Waals surface area (Å²) < 4.78 is 0. The number of rotatable bonds is 0. The summed E-state index contributed by atoms with van der Waals surface area (Å²) >= 11 is 0. The van der Waals surface area contributed by atoms with Gasteiger partial charge in [-0.05, 0) is 0 Å². The summed E-state index contributed by atoms with van der Waals surface area (Å²) in [5, 5.41) is 12.0. The summed E-state index contributed by atoms with van der Waals surface area (Å²) in [6, 6.07) is 0. The van der Waals surface area contributed by atoms with E-state index in [2.05, 4.69) is 0 Å². The fourth-order valence-corrected chi connectivity index (χ4v) is 0. The Hall–Kier alpha value is 0.140. The second-order valence-electron chi connectivity index (χ2n) is 0. The van der Waals surface area contributed by atoms with Gasteiger partial charge in [-0.3, -0.25) is 15.2 Å². The van der Waals surface area contributed by atoms with Gasteiger partial charge >= 0.3 is 0 Å². The molecule has 0 aliphatic heterocycles. The molecule has 4 heteroatoms. The molecule has 0 aliphatic rings. The predicted octanol–water partition coefficient (Wildman–Crippen LogP) is 0.592. The van der Waals surface area contributed by atoms with Gasteiger partial charge in [-0.2, -0.15) is 0 Å². The van der Waals surface area contributed by atoms with Crippen LogP contribution in [0.15, 0.2) is 0 Å². The molecule has 2 N–H and O–H groups in total. The van der Waals surface area contributed by atoms with Crippen molar-refractivity contribution in [2.45, 2.75) is 0 Å². The van der Waals surface area contributed by atoms with E-state index >= 15 is 0 Å². The standard InChI is InChI=1S/ClH.FH.H2O2/c;;1-2/h2*1H;1-2H. The first-order chi connectivity index (χ1) is 1.00. The SMILES string of the molecule is Cl.F.OO. The minimum Gasteiger partial charge on any atom is -0.269 e. The Balaban J connectivity index is -0.00000000500. The first kappa shape index (κ1) is 31.4. The predicted molar refractivity (Wildman–Crippen MR) is 15.0 cm³/mol. The second-order valence-corrected chi connectivity index (χ2v) is 0. The van der Waals surface area contributed by atoms with E-state index in [1.54, 1.807) is 0 Å². The van der Waals surface area contributed by atoms with Crippen molar-refractivity contribution in [3.8, 4) is 0 Å². The molecule has 0 rings (SSSR count). The zero-order valence-corrected chi connectivity index (χ0v) is 2.53. The highest BCUT2D eigenvalue weighted by atomic mass is 35.5. The van der Waals surface area contributed by atoms with Crippen molar-refractivity contribution in [1.29, 1.82) is 0 Å². The van der Waals surface area contributed by atoms with Gasteiger partial charge < -0.3 is 0 Å². The summed E-state index contributed by atoms with van der Waals surface area (Å²) in [6.07, 6.45) is 0. The molecule has 2 nitrogen and oxygen atoms in total. The summed E-state index contributed by atoms with van der Waals surface area (Å²) in [4.78, 5) is 0. The van der Waals surface area contributed by atoms with Crippen molar-refractivity contribution < 1.29 is 15.2 Å². The van der Waals surface area contributed by atoms with Crippen molar-refractivity contribution in [2.75, 3.05) is 0 Å². The van der Waals surface area contributed by atoms with Gasteiger partial charge in [0.2, 0.25) is 0 Å². The van der Waals surface area contributed by atoms with Crippen LogP contribution in [0.4, 0.5) is 4.70 Å². The smallest absolute Gasteiger partial charge is 0.147 e. The maximum absolute atomic E-state index is 6.00. The summed E-state index contributed by atoms with van der Waals surface area (Å²) in [6.45, 7) is 0. The highest BCUT2D eigenvalue weighted by molar-refractivity contribution is 5.85. The van der Waals surface area contributed by atoms with Crippen molar-refractivity contribution in [2.24, 2.45) is 0 Å². The largest absolute Gasteiger partial charge is 0.269 e. The number of hydrogen-bond donors (Lipinski definition) is 2. The lowest BCUT2D eigenvalue weighted by Crippen LogP contribution is -1.29. The molecule has 0 bridgehead atoms. The van der Waals surface area contributed by atoms with Crippen LogP contribution in [0.2, 0.25) is 0 Å². The highest BCUT2D eigenvalue weighted by Gasteiger charge is 0.745. The molecule has 0 saturated carbocycles. The summed E-state index contributed by atoms with van der Waals surface area (Å²) in [5.41, 5.74) is 0. The minimum absolute atomic E-state index is 0. The molecule has 0 aliphatic carbocycles. The fourth-order valence-electron chi connectivity index (χ4n) is 0. The first-order valence-corrected chi connectivity index (χ1v) is 0.200. The molecule has 0 saturated heterocycles. The van der Waals surface area contributed by atoms with Crippen LogP contribution in [0, 0.1) is 0 Å². The van der Waals surface area contributed by atoms with Gasteiger partial charge in [-0.15, -0.1) is 12.4 Å². The monoisotopic (exact) mass is 90.0 g/mol.